The summed E-state index contributed by atoms with van der Waals surface area (Å²) in [4.78, 5) is 14.9. The van der Waals surface area contributed by atoms with E-state index in [4.69, 9.17) is 11.5 Å². The Morgan fingerprint density at radius 1 is 1.60 bits per heavy atom. The van der Waals surface area contributed by atoms with Crippen LogP contribution in [0.2, 0.25) is 0 Å². The van der Waals surface area contributed by atoms with Crippen LogP contribution in [-0.4, -0.2) is 23.5 Å². The van der Waals surface area contributed by atoms with E-state index in [2.05, 4.69) is 10.3 Å². The number of pyridine rings is 1. The normalized spacial score (nSPS) is 14.5. The Labute approximate surface area is 88.9 Å². The van der Waals surface area contributed by atoms with Crippen LogP contribution in [-0.2, 0) is 4.79 Å². The fourth-order valence-electron chi connectivity index (χ4n) is 1.14. The molecule has 82 valence electrons. The second kappa shape index (κ2) is 5.43. The molecule has 1 aromatic heterocycles. The van der Waals surface area contributed by atoms with Crippen molar-refractivity contribution in [1.29, 1.82) is 0 Å². The molecule has 5 nitrogen and oxygen atoms in total. The van der Waals surface area contributed by atoms with E-state index in [-0.39, 0.29) is 6.04 Å². The molecule has 1 rings (SSSR count). The number of aromatic nitrogens is 1. The molecule has 2 unspecified atom stereocenters. The smallest absolute Gasteiger partial charge is 0.235 e. The minimum atomic E-state index is -0.656. The van der Waals surface area contributed by atoms with Crippen LogP contribution in [0.5, 0.6) is 0 Å². The van der Waals surface area contributed by atoms with Crippen LogP contribution >= 0.6 is 0 Å². The van der Waals surface area contributed by atoms with E-state index in [1.54, 1.807) is 6.20 Å². The first-order valence-corrected chi connectivity index (χ1v) is 4.80. The Hall–Kier alpha value is -1.46. The molecule has 1 heterocycles. The van der Waals surface area contributed by atoms with Gasteiger partial charge in [0.1, 0.15) is 0 Å². The van der Waals surface area contributed by atoms with Crippen LogP contribution in [0, 0.1) is 0 Å². The molecule has 0 aromatic carbocycles. The summed E-state index contributed by atoms with van der Waals surface area (Å²) in [5, 5.41) is 3.09. The number of amides is 1. The van der Waals surface area contributed by atoms with Crippen molar-refractivity contribution < 1.29 is 4.79 Å². The van der Waals surface area contributed by atoms with Crippen molar-refractivity contribution in [3.05, 3.63) is 30.1 Å². The lowest BCUT2D eigenvalue weighted by Gasteiger charge is -2.15. The van der Waals surface area contributed by atoms with Crippen LogP contribution in [0.25, 0.3) is 0 Å². The van der Waals surface area contributed by atoms with Crippen molar-refractivity contribution >= 4 is 5.91 Å². The maximum Gasteiger partial charge on any atom is 0.235 e. The van der Waals surface area contributed by atoms with E-state index in [1.807, 2.05) is 25.1 Å². The van der Waals surface area contributed by atoms with Gasteiger partial charge in [0, 0.05) is 18.8 Å². The van der Waals surface area contributed by atoms with Gasteiger partial charge in [0.25, 0.3) is 0 Å². The van der Waals surface area contributed by atoms with Crippen LogP contribution in [0.4, 0.5) is 0 Å². The summed E-state index contributed by atoms with van der Waals surface area (Å²) in [6, 6.07) is 5.07. The van der Waals surface area contributed by atoms with Crippen molar-refractivity contribution in [2.45, 2.75) is 19.0 Å². The molecule has 1 aromatic rings. The van der Waals surface area contributed by atoms with Crippen molar-refractivity contribution in [2.24, 2.45) is 11.5 Å². The number of nitrogens with one attached hydrogen (secondary N) is 1. The highest BCUT2D eigenvalue weighted by Gasteiger charge is 2.11. The van der Waals surface area contributed by atoms with Crippen LogP contribution in [0.15, 0.2) is 24.4 Å². The highest BCUT2D eigenvalue weighted by Crippen LogP contribution is 2.06. The highest BCUT2D eigenvalue weighted by atomic mass is 16.1. The van der Waals surface area contributed by atoms with Gasteiger partial charge >= 0.3 is 0 Å². The molecule has 1 amide bonds. The van der Waals surface area contributed by atoms with E-state index < -0.39 is 11.9 Å². The maximum absolute atomic E-state index is 10.7. The van der Waals surface area contributed by atoms with E-state index in [9.17, 15) is 4.79 Å². The molecular formula is C10H16N4O. The van der Waals surface area contributed by atoms with Gasteiger partial charge in [0.05, 0.1) is 11.7 Å². The minimum Gasteiger partial charge on any atom is -0.368 e. The number of nitrogens with zero attached hydrogens (tertiary/aromatic N) is 1. The van der Waals surface area contributed by atoms with Gasteiger partial charge in [-0.05, 0) is 19.1 Å². The third-order valence-corrected chi connectivity index (χ3v) is 2.14. The van der Waals surface area contributed by atoms with Gasteiger partial charge in [0.2, 0.25) is 5.91 Å². The largest absolute Gasteiger partial charge is 0.368 e. The summed E-state index contributed by atoms with van der Waals surface area (Å²) in [6.07, 6.45) is 1.72. The number of primary amides is 1. The van der Waals surface area contributed by atoms with Crippen molar-refractivity contribution in [2.75, 3.05) is 6.54 Å². The van der Waals surface area contributed by atoms with Gasteiger partial charge in [0.15, 0.2) is 0 Å². The van der Waals surface area contributed by atoms with Gasteiger partial charge < -0.3 is 16.8 Å². The number of hydrogen-bond donors (Lipinski definition) is 3. The Morgan fingerprint density at radius 2 is 2.33 bits per heavy atom. The zero-order chi connectivity index (χ0) is 11.3. The number of carbonyl (C=O) groups excluding carboxylic acids is 1. The second-order valence-electron chi connectivity index (χ2n) is 3.39. The highest BCUT2D eigenvalue weighted by molar-refractivity contribution is 5.79. The molecule has 0 aliphatic rings. The Balaban J connectivity index is 2.43. The molecule has 0 aliphatic heterocycles. The second-order valence-corrected chi connectivity index (χ2v) is 3.39. The zero-order valence-electron chi connectivity index (χ0n) is 8.68. The summed E-state index contributed by atoms with van der Waals surface area (Å²) in [6.45, 7) is 2.31. The first kappa shape index (κ1) is 11.6. The monoisotopic (exact) mass is 208 g/mol. The summed E-state index contributed by atoms with van der Waals surface area (Å²) in [7, 11) is 0. The van der Waals surface area contributed by atoms with E-state index in [1.165, 1.54) is 0 Å². The number of rotatable bonds is 5. The first-order valence-electron chi connectivity index (χ1n) is 4.80. The fraction of sp³-hybridized carbons (Fsp3) is 0.400. The molecule has 5 heteroatoms. The van der Waals surface area contributed by atoms with E-state index in [0.29, 0.717) is 6.54 Å². The Morgan fingerprint density at radius 3 is 2.87 bits per heavy atom. The average molecular weight is 208 g/mol. The SMILES string of the molecule is CC(NCC(N)C(N)=O)c1ccccn1. The number of hydrogen-bond acceptors (Lipinski definition) is 4. The van der Waals surface area contributed by atoms with Crippen molar-refractivity contribution in [3.8, 4) is 0 Å². The minimum absolute atomic E-state index is 0.0524. The summed E-state index contributed by atoms with van der Waals surface area (Å²) in [5.41, 5.74) is 11.4. The zero-order valence-corrected chi connectivity index (χ0v) is 8.68. The predicted molar refractivity (Wildman–Crippen MR) is 57.8 cm³/mol. The molecular weight excluding hydrogens is 192 g/mol. The Kier molecular flexibility index (Phi) is 4.20. The lowest BCUT2D eigenvalue weighted by Crippen LogP contribution is -2.44. The average Bonchev–Trinajstić information content (AvgIpc) is 2.26. The van der Waals surface area contributed by atoms with E-state index >= 15 is 0 Å². The van der Waals surface area contributed by atoms with Crippen molar-refractivity contribution in [3.63, 3.8) is 0 Å². The third-order valence-electron chi connectivity index (χ3n) is 2.14. The maximum atomic E-state index is 10.7. The molecule has 5 N–H and O–H groups in total. The molecule has 0 saturated carbocycles. The van der Waals surface area contributed by atoms with Gasteiger partial charge in [-0.1, -0.05) is 6.07 Å². The van der Waals surface area contributed by atoms with E-state index in [0.717, 1.165) is 5.69 Å². The first-order chi connectivity index (χ1) is 7.11. The standard InChI is InChI=1S/C10H16N4O/c1-7(9-4-2-3-5-13-9)14-6-8(11)10(12)15/h2-5,7-8,14H,6,11H2,1H3,(H2,12,15). The molecule has 0 spiro atoms. The molecule has 0 radical (unpaired) electrons. The fourth-order valence-corrected chi connectivity index (χ4v) is 1.14. The summed E-state index contributed by atoms with van der Waals surface area (Å²) in [5.74, 6) is -0.504. The molecule has 0 bridgehead atoms. The lowest BCUT2D eigenvalue weighted by atomic mass is 10.2. The predicted octanol–water partition coefficient (Wildman–Crippen LogP) is -0.455. The molecule has 0 fully saturated rings. The molecule has 0 saturated heterocycles. The summed E-state index contributed by atoms with van der Waals surface area (Å²) < 4.78 is 0. The van der Waals surface area contributed by atoms with Crippen LogP contribution in [0.3, 0.4) is 0 Å². The van der Waals surface area contributed by atoms with Crippen molar-refractivity contribution in [1.82, 2.24) is 10.3 Å². The van der Waals surface area contributed by atoms with Crippen LogP contribution in [0.1, 0.15) is 18.7 Å². The third kappa shape index (κ3) is 3.65. The van der Waals surface area contributed by atoms with Gasteiger partial charge in [-0.2, -0.15) is 0 Å². The number of nitrogens with two attached hydrogens (primary N) is 2. The quantitative estimate of drug-likeness (QED) is 0.610. The summed E-state index contributed by atoms with van der Waals surface area (Å²) >= 11 is 0. The van der Waals surface area contributed by atoms with Crippen LogP contribution < -0.4 is 16.8 Å². The van der Waals surface area contributed by atoms with Gasteiger partial charge in [-0.15, -0.1) is 0 Å². The topological polar surface area (TPSA) is 94.0 Å². The Bertz CT molecular complexity index is 314. The lowest BCUT2D eigenvalue weighted by molar-refractivity contribution is -0.119. The number of carbonyl (C=O) groups is 1. The molecule has 0 aliphatic carbocycles. The molecule has 15 heavy (non-hydrogen) atoms. The van der Waals surface area contributed by atoms with Gasteiger partial charge in [-0.25, -0.2) is 0 Å². The van der Waals surface area contributed by atoms with Gasteiger partial charge in [-0.3, -0.25) is 9.78 Å². The molecule has 2 atom stereocenters.